The van der Waals surface area contributed by atoms with Crippen molar-refractivity contribution in [3.8, 4) is 0 Å². The van der Waals surface area contributed by atoms with Crippen LogP contribution in [-0.4, -0.2) is 33.7 Å². The predicted octanol–water partition coefficient (Wildman–Crippen LogP) is 2.22. The standard InChI is InChI=1S/C13H21BrN2O2/c1-3-10-12(14)11(16(2)15-10)9-13(17)5-4-7-18-8-6-13/h17H,3-9H2,1-2H3. The average molecular weight is 317 g/mol. The highest BCUT2D eigenvalue weighted by atomic mass is 79.9. The van der Waals surface area contributed by atoms with Crippen LogP contribution >= 0.6 is 15.9 Å². The van der Waals surface area contributed by atoms with E-state index in [1.807, 2.05) is 11.7 Å². The normalized spacial score (nSPS) is 25.1. The molecule has 102 valence electrons. The number of rotatable bonds is 3. The summed E-state index contributed by atoms with van der Waals surface area (Å²) < 4.78 is 8.35. The van der Waals surface area contributed by atoms with Gasteiger partial charge in [-0.3, -0.25) is 4.68 Å². The molecule has 0 radical (unpaired) electrons. The van der Waals surface area contributed by atoms with E-state index in [1.54, 1.807) is 0 Å². The third kappa shape index (κ3) is 2.95. The van der Waals surface area contributed by atoms with Crippen LogP contribution in [-0.2, 0) is 24.6 Å². The summed E-state index contributed by atoms with van der Waals surface area (Å²) in [5, 5.41) is 15.2. The first-order valence-electron chi connectivity index (χ1n) is 6.56. The fourth-order valence-electron chi connectivity index (χ4n) is 2.49. The lowest BCUT2D eigenvalue weighted by Gasteiger charge is -2.26. The molecule has 1 saturated heterocycles. The molecule has 0 spiro atoms. The number of halogens is 1. The number of hydrogen-bond donors (Lipinski definition) is 1. The van der Waals surface area contributed by atoms with Crippen LogP contribution in [0.25, 0.3) is 0 Å². The molecule has 1 aromatic rings. The van der Waals surface area contributed by atoms with Gasteiger partial charge in [0.05, 0.1) is 21.5 Å². The molecule has 18 heavy (non-hydrogen) atoms. The minimum absolute atomic E-state index is 0.639. The fraction of sp³-hybridized carbons (Fsp3) is 0.769. The molecule has 0 amide bonds. The first-order chi connectivity index (χ1) is 8.56. The lowest BCUT2D eigenvalue weighted by Crippen LogP contribution is -2.32. The first-order valence-corrected chi connectivity index (χ1v) is 7.35. The molecule has 1 aromatic heterocycles. The van der Waals surface area contributed by atoms with Gasteiger partial charge in [0.15, 0.2) is 0 Å². The number of aryl methyl sites for hydroxylation is 2. The molecule has 0 bridgehead atoms. The molecule has 4 nitrogen and oxygen atoms in total. The third-order valence-corrected chi connectivity index (χ3v) is 4.56. The van der Waals surface area contributed by atoms with Gasteiger partial charge in [-0.2, -0.15) is 5.10 Å². The minimum atomic E-state index is -0.655. The molecule has 1 unspecified atom stereocenters. The van der Waals surface area contributed by atoms with Gasteiger partial charge in [-0.1, -0.05) is 6.92 Å². The second-order valence-corrected chi connectivity index (χ2v) is 5.84. The molecule has 1 N–H and O–H groups in total. The maximum atomic E-state index is 10.7. The Balaban J connectivity index is 2.19. The molecule has 2 rings (SSSR count). The van der Waals surface area contributed by atoms with Crippen molar-refractivity contribution < 1.29 is 9.84 Å². The van der Waals surface area contributed by atoms with Crippen molar-refractivity contribution in [3.05, 3.63) is 15.9 Å². The summed E-state index contributed by atoms with van der Waals surface area (Å²) in [6, 6.07) is 0. The number of hydrogen-bond acceptors (Lipinski definition) is 3. The largest absolute Gasteiger partial charge is 0.389 e. The Kier molecular flexibility index (Phi) is 4.45. The summed E-state index contributed by atoms with van der Waals surface area (Å²) in [4.78, 5) is 0. The monoisotopic (exact) mass is 316 g/mol. The highest BCUT2D eigenvalue weighted by Crippen LogP contribution is 2.30. The second-order valence-electron chi connectivity index (χ2n) is 5.05. The van der Waals surface area contributed by atoms with Gasteiger partial charge in [-0.05, 0) is 41.6 Å². The van der Waals surface area contributed by atoms with E-state index in [-0.39, 0.29) is 0 Å². The van der Waals surface area contributed by atoms with Crippen LogP contribution in [0.5, 0.6) is 0 Å². The average Bonchev–Trinajstić information content (AvgIpc) is 2.54. The van der Waals surface area contributed by atoms with Gasteiger partial charge < -0.3 is 9.84 Å². The Hall–Kier alpha value is -0.390. The molecule has 0 aromatic carbocycles. The summed E-state index contributed by atoms with van der Waals surface area (Å²) in [5.41, 5.74) is 1.48. The number of aromatic nitrogens is 2. The second kappa shape index (κ2) is 5.72. The summed E-state index contributed by atoms with van der Waals surface area (Å²) >= 11 is 3.61. The van der Waals surface area contributed by atoms with Crippen LogP contribution < -0.4 is 0 Å². The van der Waals surface area contributed by atoms with Crippen molar-refractivity contribution in [2.45, 2.75) is 44.6 Å². The van der Waals surface area contributed by atoms with Crippen molar-refractivity contribution in [1.29, 1.82) is 0 Å². The molecule has 1 aliphatic rings. The quantitative estimate of drug-likeness (QED) is 0.930. The Morgan fingerprint density at radius 3 is 2.89 bits per heavy atom. The van der Waals surface area contributed by atoms with Crippen LogP contribution in [0.3, 0.4) is 0 Å². The predicted molar refractivity (Wildman–Crippen MR) is 73.6 cm³/mol. The topological polar surface area (TPSA) is 47.3 Å². The molecular weight excluding hydrogens is 296 g/mol. The maximum Gasteiger partial charge on any atom is 0.0766 e. The van der Waals surface area contributed by atoms with Crippen LogP contribution in [0.2, 0.25) is 0 Å². The minimum Gasteiger partial charge on any atom is -0.389 e. The van der Waals surface area contributed by atoms with E-state index in [9.17, 15) is 5.11 Å². The molecule has 1 fully saturated rings. The fourth-order valence-corrected chi connectivity index (χ4v) is 3.25. The van der Waals surface area contributed by atoms with E-state index in [2.05, 4.69) is 28.0 Å². The van der Waals surface area contributed by atoms with E-state index < -0.39 is 5.60 Å². The van der Waals surface area contributed by atoms with Crippen molar-refractivity contribution >= 4 is 15.9 Å². The summed E-state index contributed by atoms with van der Waals surface area (Å²) in [6.45, 7) is 3.49. The van der Waals surface area contributed by atoms with E-state index in [0.717, 1.165) is 41.7 Å². The molecule has 5 heteroatoms. The lowest BCUT2D eigenvalue weighted by atomic mass is 9.89. The lowest BCUT2D eigenvalue weighted by molar-refractivity contribution is 0.0171. The first kappa shape index (κ1) is 14.0. The van der Waals surface area contributed by atoms with Gasteiger partial charge in [0.1, 0.15) is 0 Å². The van der Waals surface area contributed by atoms with Crippen molar-refractivity contribution in [1.82, 2.24) is 9.78 Å². The van der Waals surface area contributed by atoms with E-state index in [4.69, 9.17) is 4.74 Å². The van der Waals surface area contributed by atoms with Gasteiger partial charge in [0.25, 0.3) is 0 Å². The molecule has 1 aliphatic heterocycles. The zero-order valence-corrected chi connectivity index (χ0v) is 12.7. The zero-order chi connectivity index (χ0) is 13.2. The van der Waals surface area contributed by atoms with Crippen molar-refractivity contribution in [2.24, 2.45) is 7.05 Å². The Morgan fingerprint density at radius 2 is 2.22 bits per heavy atom. The number of ether oxygens (including phenoxy) is 1. The summed E-state index contributed by atoms with van der Waals surface area (Å²) in [7, 11) is 1.94. The van der Waals surface area contributed by atoms with Gasteiger partial charge >= 0.3 is 0 Å². The molecule has 2 heterocycles. The van der Waals surface area contributed by atoms with Gasteiger partial charge in [0.2, 0.25) is 0 Å². The molecule has 0 aliphatic carbocycles. The van der Waals surface area contributed by atoms with Crippen molar-refractivity contribution in [2.75, 3.05) is 13.2 Å². The Labute approximate surface area is 116 Å². The van der Waals surface area contributed by atoms with Crippen LogP contribution in [0.4, 0.5) is 0 Å². The van der Waals surface area contributed by atoms with Crippen LogP contribution in [0.15, 0.2) is 4.47 Å². The zero-order valence-electron chi connectivity index (χ0n) is 11.1. The third-order valence-electron chi connectivity index (χ3n) is 3.64. The Bertz CT molecular complexity index is 409. The number of nitrogens with zero attached hydrogens (tertiary/aromatic N) is 2. The highest BCUT2D eigenvalue weighted by Gasteiger charge is 2.31. The van der Waals surface area contributed by atoms with Crippen molar-refractivity contribution in [3.63, 3.8) is 0 Å². The van der Waals surface area contributed by atoms with Gasteiger partial charge in [-0.15, -0.1) is 0 Å². The van der Waals surface area contributed by atoms with Gasteiger partial charge in [-0.25, -0.2) is 0 Å². The molecule has 1 atom stereocenters. The number of aliphatic hydroxyl groups is 1. The maximum absolute atomic E-state index is 10.7. The van der Waals surface area contributed by atoms with E-state index in [1.165, 1.54) is 0 Å². The van der Waals surface area contributed by atoms with E-state index in [0.29, 0.717) is 19.4 Å². The van der Waals surface area contributed by atoms with Crippen LogP contribution in [0.1, 0.15) is 37.6 Å². The smallest absolute Gasteiger partial charge is 0.0766 e. The Morgan fingerprint density at radius 1 is 1.44 bits per heavy atom. The summed E-state index contributed by atoms with van der Waals surface area (Å²) in [6.07, 6.45) is 3.96. The highest BCUT2D eigenvalue weighted by molar-refractivity contribution is 9.10. The summed E-state index contributed by atoms with van der Waals surface area (Å²) in [5.74, 6) is 0. The van der Waals surface area contributed by atoms with Gasteiger partial charge in [0, 0.05) is 26.7 Å². The van der Waals surface area contributed by atoms with Crippen LogP contribution in [0, 0.1) is 0 Å². The molecular formula is C13H21BrN2O2. The van der Waals surface area contributed by atoms with E-state index >= 15 is 0 Å². The molecule has 0 saturated carbocycles. The SMILES string of the molecule is CCc1nn(C)c(CC2(O)CCCOCC2)c1Br.